The van der Waals surface area contributed by atoms with Crippen molar-refractivity contribution in [3.05, 3.63) is 82.2 Å². The van der Waals surface area contributed by atoms with Gasteiger partial charge in [0, 0.05) is 17.6 Å². The zero-order valence-electron chi connectivity index (χ0n) is 17.1. The van der Waals surface area contributed by atoms with Crippen LogP contribution in [0.3, 0.4) is 0 Å². The number of sulfone groups is 1. The number of carbonyl (C=O) groups is 1. The number of hydrogen-bond acceptors (Lipinski definition) is 4. The van der Waals surface area contributed by atoms with E-state index in [0.717, 1.165) is 16.8 Å². The highest BCUT2D eigenvalue weighted by atomic mass is 32.2. The Morgan fingerprint density at radius 1 is 1.03 bits per heavy atom. The van der Waals surface area contributed by atoms with Gasteiger partial charge >= 0.3 is 0 Å². The lowest BCUT2D eigenvalue weighted by atomic mass is 10.1. The van der Waals surface area contributed by atoms with E-state index < -0.39 is 9.84 Å². The molecule has 29 heavy (non-hydrogen) atoms. The van der Waals surface area contributed by atoms with Crippen molar-refractivity contribution in [1.82, 2.24) is 9.78 Å². The Hall–Kier alpha value is -2.93. The molecule has 0 atom stereocenters. The highest BCUT2D eigenvalue weighted by Gasteiger charge is 2.20. The average Bonchev–Trinajstić information content (AvgIpc) is 2.91. The van der Waals surface area contributed by atoms with Crippen molar-refractivity contribution < 1.29 is 13.2 Å². The first-order valence-corrected chi connectivity index (χ1v) is 11.4. The van der Waals surface area contributed by atoms with Gasteiger partial charge in [-0.2, -0.15) is 5.10 Å². The van der Waals surface area contributed by atoms with Crippen LogP contribution in [0.15, 0.2) is 48.5 Å². The molecule has 0 radical (unpaired) electrons. The predicted octanol–water partition coefficient (Wildman–Crippen LogP) is 3.65. The van der Waals surface area contributed by atoms with Gasteiger partial charge in [0.1, 0.15) is 0 Å². The van der Waals surface area contributed by atoms with Crippen LogP contribution in [0.5, 0.6) is 0 Å². The van der Waals surface area contributed by atoms with Gasteiger partial charge in [-0.25, -0.2) is 8.42 Å². The van der Waals surface area contributed by atoms with E-state index in [4.69, 9.17) is 0 Å². The Kier molecular flexibility index (Phi) is 5.88. The molecule has 0 aliphatic heterocycles. The maximum atomic E-state index is 13.0. The zero-order valence-corrected chi connectivity index (χ0v) is 17.9. The van der Waals surface area contributed by atoms with Crippen molar-refractivity contribution in [3.8, 4) is 0 Å². The summed E-state index contributed by atoms with van der Waals surface area (Å²) in [6.45, 7) is 6.10. The Morgan fingerprint density at radius 2 is 1.72 bits per heavy atom. The molecular weight excluding hydrogens is 386 g/mol. The minimum Gasteiger partial charge on any atom is -0.322 e. The molecular formula is C22H25N3O3S. The zero-order chi connectivity index (χ0) is 21.2. The standard InChI is InChI=1S/C22H25N3O3S/c1-15-19(14-29(4,27)28)11-8-12-20(15)23-22(26)21-16(2)24-25(17(21)3)13-18-9-6-5-7-10-18/h5-12H,13-14H2,1-4H3,(H,23,26). The second-order valence-electron chi connectivity index (χ2n) is 7.30. The summed E-state index contributed by atoms with van der Waals surface area (Å²) in [5.41, 5.74) is 5.11. The van der Waals surface area contributed by atoms with E-state index in [0.29, 0.717) is 29.1 Å². The largest absolute Gasteiger partial charge is 0.322 e. The van der Waals surface area contributed by atoms with Crippen molar-refractivity contribution in [2.24, 2.45) is 0 Å². The third-order valence-electron chi connectivity index (χ3n) is 4.90. The number of nitrogens with zero attached hydrogens (tertiary/aromatic N) is 2. The van der Waals surface area contributed by atoms with Gasteiger partial charge in [0.2, 0.25) is 0 Å². The van der Waals surface area contributed by atoms with Gasteiger partial charge in [-0.3, -0.25) is 9.48 Å². The molecule has 0 bridgehead atoms. The van der Waals surface area contributed by atoms with Crippen LogP contribution in [0.2, 0.25) is 0 Å². The monoisotopic (exact) mass is 411 g/mol. The van der Waals surface area contributed by atoms with Crippen molar-refractivity contribution in [3.63, 3.8) is 0 Å². The Bertz CT molecular complexity index is 1150. The number of carbonyl (C=O) groups excluding carboxylic acids is 1. The van der Waals surface area contributed by atoms with Gasteiger partial charge in [-0.1, -0.05) is 42.5 Å². The third-order valence-corrected chi connectivity index (χ3v) is 5.73. The van der Waals surface area contributed by atoms with E-state index in [1.165, 1.54) is 6.26 Å². The van der Waals surface area contributed by atoms with Crippen molar-refractivity contribution >= 4 is 21.4 Å². The number of nitrogens with one attached hydrogen (secondary N) is 1. The Balaban J connectivity index is 1.86. The van der Waals surface area contributed by atoms with Gasteiger partial charge in [0.15, 0.2) is 9.84 Å². The van der Waals surface area contributed by atoms with Crippen LogP contribution < -0.4 is 5.32 Å². The summed E-state index contributed by atoms with van der Waals surface area (Å²) in [7, 11) is -3.16. The maximum absolute atomic E-state index is 13.0. The van der Waals surface area contributed by atoms with Crippen LogP contribution in [0, 0.1) is 20.8 Å². The molecule has 1 N–H and O–H groups in total. The molecule has 1 heterocycles. The van der Waals surface area contributed by atoms with Crippen LogP contribution in [0.4, 0.5) is 5.69 Å². The molecule has 2 aromatic carbocycles. The lowest BCUT2D eigenvalue weighted by Gasteiger charge is -2.12. The molecule has 0 unspecified atom stereocenters. The first-order chi connectivity index (χ1) is 13.7. The van der Waals surface area contributed by atoms with Gasteiger partial charge < -0.3 is 5.32 Å². The number of aromatic nitrogens is 2. The topological polar surface area (TPSA) is 81.1 Å². The summed E-state index contributed by atoms with van der Waals surface area (Å²) >= 11 is 0. The minimum absolute atomic E-state index is 0.0599. The smallest absolute Gasteiger partial charge is 0.259 e. The van der Waals surface area contributed by atoms with Crippen LogP contribution in [-0.4, -0.2) is 30.4 Å². The molecule has 3 rings (SSSR count). The molecule has 0 spiro atoms. The quantitative estimate of drug-likeness (QED) is 0.671. The number of amides is 1. The average molecular weight is 412 g/mol. The minimum atomic E-state index is -3.16. The lowest BCUT2D eigenvalue weighted by Crippen LogP contribution is -2.16. The van der Waals surface area contributed by atoms with Crippen molar-refractivity contribution in [2.45, 2.75) is 33.1 Å². The Morgan fingerprint density at radius 3 is 2.38 bits per heavy atom. The highest BCUT2D eigenvalue weighted by Crippen LogP contribution is 2.23. The fourth-order valence-electron chi connectivity index (χ4n) is 3.38. The number of benzene rings is 2. The first kappa shape index (κ1) is 20.8. The molecule has 152 valence electrons. The second kappa shape index (κ2) is 8.21. The molecule has 7 heteroatoms. The van der Waals surface area contributed by atoms with Crippen LogP contribution >= 0.6 is 0 Å². The Labute approximate surface area is 171 Å². The maximum Gasteiger partial charge on any atom is 0.259 e. The lowest BCUT2D eigenvalue weighted by molar-refractivity contribution is 0.102. The van der Waals surface area contributed by atoms with Crippen molar-refractivity contribution in [2.75, 3.05) is 11.6 Å². The molecule has 6 nitrogen and oxygen atoms in total. The summed E-state index contributed by atoms with van der Waals surface area (Å²) in [4.78, 5) is 13.0. The second-order valence-corrected chi connectivity index (χ2v) is 9.44. The molecule has 0 aliphatic carbocycles. The van der Waals surface area contributed by atoms with Gasteiger partial charge in [0.25, 0.3) is 5.91 Å². The number of rotatable bonds is 6. The van der Waals surface area contributed by atoms with Gasteiger partial charge in [-0.15, -0.1) is 0 Å². The normalized spacial score (nSPS) is 11.4. The number of aryl methyl sites for hydroxylation is 1. The summed E-state index contributed by atoms with van der Waals surface area (Å²) in [5, 5.41) is 7.46. The third kappa shape index (κ3) is 4.92. The van der Waals surface area contributed by atoms with E-state index in [1.54, 1.807) is 18.2 Å². The molecule has 1 amide bonds. The molecule has 0 saturated heterocycles. The summed E-state index contributed by atoms with van der Waals surface area (Å²) in [6, 6.07) is 15.2. The van der Waals surface area contributed by atoms with Gasteiger partial charge in [0.05, 0.1) is 23.6 Å². The number of anilines is 1. The molecule has 3 aromatic rings. The van der Waals surface area contributed by atoms with E-state index in [1.807, 2.05) is 55.8 Å². The highest BCUT2D eigenvalue weighted by molar-refractivity contribution is 7.89. The molecule has 0 saturated carbocycles. The van der Waals surface area contributed by atoms with Crippen LogP contribution in [-0.2, 0) is 22.1 Å². The SMILES string of the molecule is Cc1nn(Cc2ccccc2)c(C)c1C(=O)Nc1cccc(CS(C)(=O)=O)c1C. The number of hydrogen-bond donors (Lipinski definition) is 1. The van der Waals surface area contributed by atoms with Gasteiger partial charge in [-0.05, 0) is 43.5 Å². The van der Waals surface area contributed by atoms with Crippen LogP contribution in [0.25, 0.3) is 0 Å². The first-order valence-electron chi connectivity index (χ1n) is 9.31. The fourth-order valence-corrected chi connectivity index (χ4v) is 4.26. The summed E-state index contributed by atoms with van der Waals surface area (Å²) in [6.07, 6.45) is 1.20. The molecule has 0 aliphatic rings. The van der Waals surface area contributed by atoms with Crippen LogP contribution in [0.1, 0.15) is 38.4 Å². The van der Waals surface area contributed by atoms with Crippen molar-refractivity contribution in [1.29, 1.82) is 0 Å². The van der Waals surface area contributed by atoms with E-state index in [-0.39, 0.29) is 11.7 Å². The van der Waals surface area contributed by atoms with E-state index in [9.17, 15) is 13.2 Å². The predicted molar refractivity (Wildman–Crippen MR) is 115 cm³/mol. The molecule has 0 fully saturated rings. The molecule has 1 aromatic heterocycles. The van der Waals surface area contributed by atoms with E-state index >= 15 is 0 Å². The van der Waals surface area contributed by atoms with E-state index in [2.05, 4.69) is 10.4 Å². The fraction of sp³-hybridized carbons (Fsp3) is 0.273. The summed E-state index contributed by atoms with van der Waals surface area (Å²) < 4.78 is 25.1. The summed E-state index contributed by atoms with van der Waals surface area (Å²) in [5.74, 6) is -0.311.